The number of hydrogen-bond acceptors (Lipinski definition) is 3. The largest absolute Gasteiger partial charge is 0.376 e. The summed E-state index contributed by atoms with van der Waals surface area (Å²) in [6, 6.07) is 15.5. The molecular weight excluding hydrogens is 298 g/mol. The first-order chi connectivity index (χ1) is 10.5. The normalized spacial score (nSPS) is 12.3. The predicted octanol–water partition coefficient (Wildman–Crippen LogP) is 2.01. The van der Waals surface area contributed by atoms with Gasteiger partial charge in [0.25, 0.3) is 0 Å². The van der Waals surface area contributed by atoms with Crippen molar-refractivity contribution in [2.45, 2.75) is 17.9 Å². The minimum atomic E-state index is -3.57. The molecule has 2 rings (SSSR count). The molecular formula is C17H17NO3S. The number of rotatable bonds is 4. The number of nitrogens with one attached hydrogen (secondary N) is 1. The second-order valence-corrected chi connectivity index (χ2v) is 6.54. The molecule has 0 radical (unpaired) electrons. The van der Waals surface area contributed by atoms with Gasteiger partial charge in [0, 0.05) is 0 Å². The molecule has 4 nitrogen and oxygen atoms in total. The number of aryl methyl sites for hydroxylation is 1. The van der Waals surface area contributed by atoms with Gasteiger partial charge in [0.2, 0.25) is 10.0 Å². The van der Waals surface area contributed by atoms with Crippen LogP contribution in [0.5, 0.6) is 0 Å². The maximum atomic E-state index is 12.0. The van der Waals surface area contributed by atoms with E-state index in [0.717, 1.165) is 5.56 Å². The SMILES string of the molecule is Cc1ccc(S(=O)(=O)NCC#CC(O)c2ccccc2)cc1. The molecule has 2 aromatic rings. The molecule has 0 bridgehead atoms. The van der Waals surface area contributed by atoms with Gasteiger partial charge in [-0.05, 0) is 24.6 Å². The molecule has 0 aliphatic rings. The van der Waals surface area contributed by atoms with E-state index in [1.165, 1.54) is 0 Å². The van der Waals surface area contributed by atoms with Crippen LogP contribution in [-0.4, -0.2) is 20.1 Å². The third-order valence-corrected chi connectivity index (χ3v) is 4.45. The average molecular weight is 315 g/mol. The van der Waals surface area contributed by atoms with E-state index in [9.17, 15) is 13.5 Å². The molecule has 22 heavy (non-hydrogen) atoms. The Hall–Kier alpha value is -2.13. The highest BCUT2D eigenvalue weighted by Crippen LogP contribution is 2.11. The van der Waals surface area contributed by atoms with Crippen molar-refractivity contribution < 1.29 is 13.5 Å². The molecule has 2 N–H and O–H groups in total. The summed E-state index contributed by atoms with van der Waals surface area (Å²) in [7, 11) is -3.57. The lowest BCUT2D eigenvalue weighted by atomic mass is 10.1. The van der Waals surface area contributed by atoms with Crippen molar-refractivity contribution in [1.82, 2.24) is 4.72 Å². The van der Waals surface area contributed by atoms with Crippen molar-refractivity contribution in [1.29, 1.82) is 0 Å². The summed E-state index contributed by atoms with van der Waals surface area (Å²) in [6.45, 7) is 1.83. The van der Waals surface area contributed by atoms with E-state index < -0.39 is 16.1 Å². The predicted molar refractivity (Wildman–Crippen MR) is 85.5 cm³/mol. The van der Waals surface area contributed by atoms with Crippen LogP contribution in [0.15, 0.2) is 59.5 Å². The monoisotopic (exact) mass is 315 g/mol. The summed E-state index contributed by atoms with van der Waals surface area (Å²) in [5, 5.41) is 9.85. The first-order valence-corrected chi connectivity index (χ1v) is 8.25. The van der Waals surface area contributed by atoms with Gasteiger partial charge >= 0.3 is 0 Å². The summed E-state index contributed by atoms with van der Waals surface area (Å²) in [4.78, 5) is 0.198. The highest BCUT2D eigenvalue weighted by molar-refractivity contribution is 7.89. The number of aliphatic hydroxyl groups excluding tert-OH is 1. The van der Waals surface area contributed by atoms with Crippen LogP contribution in [-0.2, 0) is 10.0 Å². The minimum absolute atomic E-state index is 0.0555. The van der Waals surface area contributed by atoms with Crippen LogP contribution in [0, 0.1) is 18.8 Å². The molecule has 0 fully saturated rings. The van der Waals surface area contributed by atoms with Crippen LogP contribution in [0.1, 0.15) is 17.2 Å². The van der Waals surface area contributed by atoms with Crippen molar-refractivity contribution >= 4 is 10.0 Å². The summed E-state index contributed by atoms with van der Waals surface area (Å²) in [5.41, 5.74) is 1.67. The van der Waals surface area contributed by atoms with Gasteiger partial charge in [-0.3, -0.25) is 0 Å². The third-order valence-electron chi connectivity index (χ3n) is 3.04. The first-order valence-electron chi connectivity index (χ1n) is 6.77. The second kappa shape index (κ2) is 7.23. The Kier molecular flexibility index (Phi) is 5.34. The van der Waals surface area contributed by atoms with E-state index in [0.29, 0.717) is 5.56 Å². The Morgan fingerprint density at radius 2 is 1.73 bits per heavy atom. The van der Waals surface area contributed by atoms with Crippen LogP contribution < -0.4 is 4.72 Å². The van der Waals surface area contributed by atoms with Gasteiger partial charge in [0.15, 0.2) is 0 Å². The van der Waals surface area contributed by atoms with Crippen LogP contribution in [0.3, 0.4) is 0 Å². The Morgan fingerprint density at radius 3 is 2.36 bits per heavy atom. The maximum Gasteiger partial charge on any atom is 0.241 e. The Balaban J connectivity index is 1.96. The van der Waals surface area contributed by atoms with Crippen molar-refractivity contribution in [3.8, 4) is 11.8 Å². The fraction of sp³-hybridized carbons (Fsp3) is 0.176. The van der Waals surface area contributed by atoms with E-state index in [1.54, 1.807) is 48.5 Å². The molecule has 2 aromatic carbocycles. The quantitative estimate of drug-likeness (QED) is 0.848. The van der Waals surface area contributed by atoms with Crippen molar-refractivity contribution in [2.75, 3.05) is 6.54 Å². The molecule has 1 atom stereocenters. The lowest BCUT2D eigenvalue weighted by molar-refractivity contribution is 0.238. The first kappa shape index (κ1) is 16.2. The van der Waals surface area contributed by atoms with Crippen LogP contribution in [0.4, 0.5) is 0 Å². The molecule has 0 saturated carbocycles. The smallest absolute Gasteiger partial charge is 0.241 e. The van der Waals surface area contributed by atoms with Gasteiger partial charge in [0.05, 0.1) is 11.4 Å². The molecule has 0 aliphatic heterocycles. The van der Waals surface area contributed by atoms with Crippen LogP contribution >= 0.6 is 0 Å². The van der Waals surface area contributed by atoms with E-state index in [2.05, 4.69) is 16.6 Å². The van der Waals surface area contributed by atoms with Gasteiger partial charge in [-0.25, -0.2) is 8.42 Å². The molecule has 1 unspecified atom stereocenters. The minimum Gasteiger partial charge on any atom is -0.376 e. The van der Waals surface area contributed by atoms with Gasteiger partial charge in [-0.1, -0.05) is 59.9 Å². The van der Waals surface area contributed by atoms with Crippen LogP contribution in [0.2, 0.25) is 0 Å². The summed E-state index contributed by atoms with van der Waals surface area (Å²) in [6.07, 6.45) is -0.926. The average Bonchev–Trinajstić information content (AvgIpc) is 2.52. The number of aliphatic hydroxyl groups is 1. The topological polar surface area (TPSA) is 66.4 Å². The van der Waals surface area contributed by atoms with Gasteiger partial charge < -0.3 is 5.11 Å². The van der Waals surface area contributed by atoms with E-state index >= 15 is 0 Å². The molecule has 0 spiro atoms. The van der Waals surface area contributed by atoms with Gasteiger partial charge in [-0.15, -0.1) is 0 Å². The maximum absolute atomic E-state index is 12.0. The highest BCUT2D eigenvalue weighted by atomic mass is 32.2. The van der Waals surface area contributed by atoms with Crippen molar-refractivity contribution in [3.05, 3.63) is 65.7 Å². The molecule has 0 heterocycles. The summed E-state index contributed by atoms with van der Waals surface area (Å²) < 4.78 is 26.4. The van der Waals surface area contributed by atoms with E-state index in [4.69, 9.17) is 0 Å². The zero-order chi connectivity index (χ0) is 16.0. The fourth-order valence-corrected chi connectivity index (χ4v) is 2.72. The number of sulfonamides is 1. The zero-order valence-electron chi connectivity index (χ0n) is 12.2. The molecule has 5 heteroatoms. The van der Waals surface area contributed by atoms with Crippen LogP contribution in [0.25, 0.3) is 0 Å². The highest BCUT2D eigenvalue weighted by Gasteiger charge is 2.11. The molecule has 0 saturated heterocycles. The fourth-order valence-electron chi connectivity index (χ4n) is 1.80. The standard InChI is InChI=1S/C17H17NO3S/c1-14-9-11-16(12-10-14)22(20,21)18-13-5-8-17(19)15-6-3-2-4-7-15/h2-4,6-7,9-12,17-19H,13H2,1H3. The zero-order valence-corrected chi connectivity index (χ0v) is 13.0. The Labute approximate surface area is 130 Å². The summed E-state index contributed by atoms with van der Waals surface area (Å²) in [5.74, 6) is 5.24. The lowest BCUT2D eigenvalue weighted by Gasteiger charge is -2.04. The number of hydrogen-bond donors (Lipinski definition) is 2. The van der Waals surface area contributed by atoms with Crippen molar-refractivity contribution in [3.63, 3.8) is 0 Å². The molecule has 0 amide bonds. The third kappa shape index (κ3) is 4.43. The number of benzene rings is 2. The Morgan fingerprint density at radius 1 is 1.09 bits per heavy atom. The second-order valence-electron chi connectivity index (χ2n) is 4.77. The van der Waals surface area contributed by atoms with Gasteiger partial charge in [-0.2, -0.15) is 4.72 Å². The van der Waals surface area contributed by atoms with Crippen molar-refractivity contribution in [2.24, 2.45) is 0 Å². The molecule has 0 aliphatic carbocycles. The summed E-state index contributed by atoms with van der Waals surface area (Å²) >= 11 is 0. The molecule has 0 aromatic heterocycles. The Bertz CT molecular complexity index is 772. The van der Waals surface area contributed by atoms with E-state index in [1.807, 2.05) is 13.0 Å². The van der Waals surface area contributed by atoms with Gasteiger partial charge in [0.1, 0.15) is 6.10 Å². The van der Waals surface area contributed by atoms with E-state index in [-0.39, 0.29) is 11.4 Å². The lowest BCUT2D eigenvalue weighted by Crippen LogP contribution is -2.24. The molecule has 114 valence electrons.